The van der Waals surface area contributed by atoms with Crippen LogP contribution < -0.4 is 10.1 Å². The summed E-state index contributed by atoms with van der Waals surface area (Å²) in [6.45, 7) is -0.150. The Hall–Kier alpha value is -1.02. The molecule has 2 aliphatic rings. The van der Waals surface area contributed by atoms with Gasteiger partial charge < -0.3 is 10.1 Å². The minimum atomic E-state index is -3.20. The molecule has 9 heteroatoms. The topological polar surface area (TPSA) is 75.7 Å². The summed E-state index contributed by atoms with van der Waals surface area (Å²) in [5.74, 6) is 0.149. The molecule has 2 heterocycles. The van der Waals surface area contributed by atoms with E-state index in [1.54, 1.807) is 22.5 Å². The predicted molar refractivity (Wildman–Crippen MR) is 96.6 cm³/mol. The average Bonchev–Trinajstić information content (AvgIpc) is 2.79. The van der Waals surface area contributed by atoms with Crippen LogP contribution in [-0.2, 0) is 14.8 Å². The van der Waals surface area contributed by atoms with Crippen molar-refractivity contribution in [1.82, 2.24) is 9.62 Å². The van der Waals surface area contributed by atoms with Gasteiger partial charge in [0.15, 0.2) is 6.61 Å². The van der Waals surface area contributed by atoms with E-state index in [2.05, 4.69) is 5.32 Å². The second-order valence-corrected chi connectivity index (χ2v) is 9.31. The fourth-order valence-electron chi connectivity index (χ4n) is 3.80. The first-order valence-corrected chi connectivity index (χ1v) is 10.7. The van der Waals surface area contributed by atoms with E-state index in [4.69, 9.17) is 27.9 Å². The maximum Gasteiger partial charge on any atom is 0.258 e. The molecule has 3 rings (SSSR count). The fourth-order valence-corrected chi connectivity index (χ4v) is 5.73. The minimum absolute atomic E-state index is 0.0225. The number of hydrogen-bond donors (Lipinski definition) is 1. The van der Waals surface area contributed by atoms with Crippen LogP contribution in [0.5, 0.6) is 5.75 Å². The van der Waals surface area contributed by atoms with Crippen molar-refractivity contribution in [2.45, 2.75) is 43.8 Å². The van der Waals surface area contributed by atoms with Gasteiger partial charge in [0.2, 0.25) is 10.0 Å². The van der Waals surface area contributed by atoms with Crippen molar-refractivity contribution in [3.8, 4) is 5.75 Å². The van der Waals surface area contributed by atoms with Crippen LogP contribution in [0.1, 0.15) is 25.7 Å². The van der Waals surface area contributed by atoms with E-state index in [1.165, 1.54) is 6.26 Å². The molecule has 1 N–H and O–H groups in total. The molecule has 138 valence electrons. The van der Waals surface area contributed by atoms with Gasteiger partial charge in [-0.25, -0.2) is 8.42 Å². The monoisotopic (exact) mass is 406 g/mol. The highest BCUT2D eigenvalue weighted by molar-refractivity contribution is 7.88. The molecule has 1 amide bonds. The van der Waals surface area contributed by atoms with E-state index in [0.717, 1.165) is 12.8 Å². The lowest BCUT2D eigenvalue weighted by atomic mass is 10.00. The van der Waals surface area contributed by atoms with Gasteiger partial charge in [0.25, 0.3) is 5.91 Å². The second kappa shape index (κ2) is 7.31. The minimum Gasteiger partial charge on any atom is -0.482 e. The number of rotatable bonds is 5. The van der Waals surface area contributed by atoms with Crippen molar-refractivity contribution in [1.29, 1.82) is 0 Å². The molecule has 2 fully saturated rings. The van der Waals surface area contributed by atoms with Gasteiger partial charge in [0.05, 0.1) is 11.3 Å². The third-order valence-corrected chi connectivity index (χ3v) is 6.56. The number of fused-ring (bicyclic) bond motifs is 2. The summed E-state index contributed by atoms with van der Waals surface area (Å²) >= 11 is 11.8. The van der Waals surface area contributed by atoms with Crippen LogP contribution in [0, 0.1) is 0 Å². The van der Waals surface area contributed by atoms with Gasteiger partial charge in [-0.2, -0.15) is 4.31 Å². The average molecular weight is 407 g/mol. The Morgan fingerprint density at radius 1 is 1.28 bits per heavy atom. The number of piperidine rings is 1. The van der Waals surface area contributed by atoms with Gasteiger partial charge in [-0.3, -0.25) is 4.79 Å². The number of carbonyl (C=O) groups is 1. The zero-order chi connectivity index (χ0) is 18.2. The van der Waals surface area contributed by atoms with Crippen molar-refractivity contribution in [3.63, 3.8) is 0 Å². The van der Waals surface area contributed by atoms with E-state index < -0.39 is 10.0 Å². The summed E-state index contributed by atoms with van der Waals surface area (Å²) in [7, 11) is -3.20. The molecule has 1 aromatic rings. The number of amides is 1. The molecule has 0 aromatic heterocycles. The van der Waals surface area contributed by atoms with E-state index in [1.807, 2.05) is 0 Å². The predicted octanol–water partition coefficient (Wildman–Crippen LogP) is 2.44. The molecular formula is C16H20Cl2N2O4S. The van der Waals surface area contributed by atoms with E-state index in [9.17, 15) is 13.2 Å². The summed E-state index contributed by atoms with van der Waals surface area (Å²) in [6, 6.07) is 4.72. The third kappa shape index (κ3) is 4.39. The molecule has 2 bridgehead atoms. The summed E-state index contributed by atoms with van der Waals surface area (Å²) in [5.41, 5.74) is 0. The molecule has 0 saturated carbocycles. The molecule has 6 nitrogen and oxygen atoms in total. The lowest BCUT2D eigenvalue weighted by Gasteiger charge is -2.37. The van der Waals surface area contributed by atoms with Crippen LogP contribution in [-0.4, -0.2) is 49.6 Å². The molecule has 1 aromatic carbocycles. The van der Waals surface area contributed by atoms with Gasteiger partial charge >= 0.3 is 0 Å². The quantitative estimate of drug-likeness (QED) is 0.814. The van der Waals surface area contributed by atoms with Crippen LogP contribution >= 0.6 is 23.2 Å². The van der Waals surface area contributed by atoms with E-state index in [0.29, 0.717) is 28.6 Å². The van der Waals surface area contributed by atoms with Crippen LogP contribution in [0.4, 0.5) is 0 Å². The van der Waals surface area contributed by atoms with Crippen LogP contribution in [0.3, 0.4) is 0 Å². The van der Waals surface area contributed by atoms with Crippen molar-refractivity contribution in [2.75, 3.05) is 12.9 Å². The molecule has 0 radical (unpaired) electrons. The number of hydrogen-bond acceptors (Lipinski definition) is 4. The van der Waals surface area contributed by atoms with Crippen LogP contribution in [0.2, 0.25) is 10.0 Å². The maximum absolute atomic E-state index is 12.1. The Bertz CT molecular complexity index is 757. The molecule has 2 saturated heterocycles. The first-order valence-electron chi connectivity index (χ1n) is 8.10. The SMILES string of the molecule is CS(=O)(=O)N1C2CCC1CC(NC(=O)COc1ccc(Cl)cc1Cl)C2. The van der Waals surface area contributed by atoms with Crippen LogP contribution in [0.15, 0.2) is 18.2 Å². The maximum atomic E-state index is 12.1. The van der Waals surface area contributed by atoms with E-state index >= 15 is 0 Å². The summed E-state index contributed by atoms with van der Waals surface area (Å²) in [6.07, 6.45) is 4.22. The summed E-state index contributed by atoms with van der Waals surface area (Å²) in [4.78, 5) is 12.1. The number of nitrogens with zero attached hydrogens (tertiary/aromatic N) is 1. The van der Waals surface area contributed by atoms with Gasteiger partial charge in [-0.05, 0) is 43.9 Å². The van der Waals surface area contributed by atoms with E-state index in [-0.39, 0.29) is 30.6 Å². The molecule has 2 unspecified atom stereocenters. The number of nitrogens with one attached hydrogen (secondary N) is 1. The zero-order valence-electron chi connectivity index (χ0n) is 13.7. The molecule has 2 aliphatic heterocycles. The fraction of sp³-hybridized carbons (Fsp3) is 0.562. The van der Waals surface area contributed by atoms with Gasteiger partial charge in [-0.1, -0.05) is 23.2 Å². The van der Waals surface area contributed by atoms with Gasteiger partial charge in [0, 0.05) is 23.1 Å². The lowest BCUT2D eigenvalue weighted by molar-refractivity contribution is -0.124. The Labute approximate surface area is 157 Å². The number of halogens is 2. The first-order chi connectivity index (χ1) is 11.7. The standard InChI is InChI=1S/C16H20Cl2N2O4S/c1-25(22,23)20-12-3-4-13(20)8-11(7-12)19-16(21)9-24-15-5-2-10(17)6-14(15)18/h2,5-6,11-13H,3-4,7-9H2,1H3,(H,19,21). The van der Waals surface area contributed by atoms with Crippen molar-refractivity contribution >= 4 is 39.1 Å². The first kappa shape index (κ1) is 18.8. The normalized spacial score (nSPS) is 26.4. The Kier molecular flexibility index (Phi) is 5.48. The molecule has 0 spiro atoms. The number of benzene rings is 1. The van der Waals surface area contributed by atoms with Gasteiger partial charge in [0.1, 0.15) is 5.75 Å². The van der Waals surface area contributed by atoms with Crippen molar-refractivity contribution in [2.24, 2.45) is 0 Å². The van der Waals surface area contributed by atoms with Crippen molar-refractivity contribution in [3.05, 3.63) is 28.2 Å². The molecular weight excluding hydrogens is 387 g/mol. The van der Waals surface area contributed by atoms with Crippen molar-refractivity contribution < 1.29 is 17.9 Å². The second-order valence-electron chi connectivity index (χ2n) is 6.58. The summed E-state index contributed by atoms with van der Waals surface area (Å²) < 4.78 is 30.8. The Morgan fingerprint density at radius 2 is 1.92 bits per heavy atom. The Morgan fingerprint density at radius 3 is 2.48 bits per heavy atom. The zero-order valence-corrected chi connectivity index (χ0v) is 16.1. The summed E-state index contributed by atoms with van der Waals surface area (Å²) in [5, 5.41) is 3.78. The number of sulfonamides is 1. The number of carbonyl (C=O) groups excluding carboxylic acids is 1. The smallest absolute Gasteiger partial charge is 0.258 e. The highest BCUT2D eigenvalue weighted by atomic mass is 35.5. The third-order valence-electron chi connectivity index (χ3n) is 4.67. The highest BCUT2D eigenvalue weighted by Gasteiger charge is 2.45. The number of ether oxygens (including phenoxy) is 1. The highest BCUT2D eigenvalue weighted by Crippen LogP contribution is 2.37. The molecule has 2 atom stereocenters. The van der Waals surface area contributed by atoms with Crippen LogP contribution in [0.25, 0.3) is 0 Å². The van der Waals surface area contributed by atoms with Gasteiger partial charge in [-0.15, -0.1) is 0 Å². The largest absolute Gasteiger partial charge is 0.482 e. The molecule has 25 heavy (non-hydrogen) atoms. The molecule has 0 aliphatic carbocycles. The lowest BCUT2D eigenvalue weighted by Crippen LogP contribution is -2.52. The Balaban J connectivity index is 1.53.